The van der Waals surface area contributed by atoms with Crippen molar-refractivity contribution in [2.45, 2.75) is 0 Å². The van der Waals surface area contributed by atoms with Gasteiger partial charge in [-0.15, -0.1) is 10.2 Å². The van der Waals surface area contributed by atoms with Crippen molar-refractivity contribution in [2.75, 3.05) is 18.1 Å². The number of nitrogens with one attached hydrogen (secondary N) is 1. The molecule has 1 heterocycles. The average molecular weight is 126 g/mol. The molecular formula is C3H6N6. The van der Waals surface area contributed by atoms with Crippen LogP contribution in [0.3, 0.4) is 0 Å². The van der Waals surface area contributed by atoms with E-state index in [0.29, 0.717) is 5.82 Å². The minimum atomic E-state index is 0.257. The lowest BCUT2D eigenvalue weighted by Crippen LogP contribution is -2.04. The lowest BCUT2D eigenvalue weighted by Gasteiger charge is -1.95. The summed E-state index contributed by atoms with van der Waals surface area (Å²) in [6.07, 6.45) is 0. The number of nitrogen functional groups attached to an aromatic ring is 1. The normalized spacial score (nSPS) is 9.00. The van der Waals surface area contributed by atoms with Crippen LogP contribution < -0.4 is 11.1 Å². The highest BCUT2D eigenvalue weighted by Crippen LogP contribution is 2.03. The molecule has 0 spiro atoms. The van der Waals surface area contributed by atoms with E-state index in [-0.39, 0.29) is 5.82 Å². The predicted octanol–water partition coefficient (Wildman–Crippen LogP) is -1.11. The Hall–Kier alpha value is -1.46. The van der Waals surface area contributed by atoms with Gasteiger partial charge in [0.1, 0.15) is 0 Å². The standard InChI is InChI=1S/C3H6N6/c1-5-3-2(4)6-8-9-7-3/h1H3,(H2,4,6,9)(H,5,7,8). The van der Waals surface area contributed by atoms with E-state index in [2.05, 4.69) is 25.9 Å². The van der Waals surface area contributed by atoms with E-state index < -0.39 is 0 Å². The molecule has 0 saturated carbocycles. The van der Waals surface area contributed by atoms with Crippen LogP contribution in [0.4, 0.5) is 11.6 Å². The molecule has 0 unspecified atom stereocenters. The molecule has 0 amide bonds. The van der Waals surface area contributed by atoms with Gasteiger partial charge in [-0.05, 0) is 10.4 Å². The Labute approximate surface area is 51.5 Å². The summed E-state index contributed by atoms with van der Waals surface area (Å²) < 4.78 is 0. The highest BCUT2D eigenvalue weighted by Gasteiger charge is 1.96. The molecule has 1 aromatic rings. The lowest BCUT2D eigenvalue weighted by molar-refractivity contribution is 0.773. The zero-order valence-corrected chi connectivity index (χ0v) is 4.87. The second-order valence-corrected chi connectivity index (χ2v) is 1.36. The SMILES string of the molecule is CNc1nnnnc1N. The van der Waals surface area contributed by atoms with Crippen molar-refractivity contribution >= 4 is 11.6 Å². The van der Waals surface area contributed by atoms with Crippen molar-refractivity contribution < 1.29 is 0 Å². The van der Waals surface area contributed by atoms with Crippen molar-refractivity contribution in [2.24, 2.45) is 0 Å². The summed E-state index contributed by atoms with van der Waals surface area (Å²) in [6, 6.07) is 0. The van der Waals surface area contributed by atoms with E-state index in [1.165, 1.54) is 0 Å². The summed E-state index contributed by atoms with van der Waals surface area (Å²) in [5, 5.41) is 16.2. The van der Waals surface area contributed by atoms with Crippen molar-refractivity contribution in [1.82, 2.24) is 20.6 Å². The van der Waals surface area contributed by atoms with E-state index in [1.807, 2.05) is 0 Å². The Morgan fingerprint density at radius 2 is 2.00 bits per heavy atom. The van der Waals surface area contributed by atoms with Crippen LogP contribution in [0.5, 0.6) is 0 Å². The molecule has 0 fully saturated rings. The van der Waals surface area contributed by atoms with Gasteiger partial charge in [0.15, 0.2) is 11.6 Å². The monoisotopic (exact) mass is 126 g/mol. The van der Waals surface area contributed by atoms with E-state index >= 15 is 0 Å². The molecule has 0 aliphatic heterocycles. The number of aromatic nitrogens is 4. The molecule has 6 heteroatoms. The predicted molar refractivity (Wildman–Crippen MR) is 31.6 cm³/mol. The smallest absolute Gasteiger partial charge is 0.194 e. The summed E-state index contributed by atoms with van der Waals surface area (Å²) in [5.41, 5.74) is 5.29. The molecular weight excluding hydrogens is 120 g/mol. The molecule has 6 nitrogen and oxygen atoms in total. The number of rotatable bonds is 1. The maximum atomic E-state index is 5.29. The summed E-state index contributed by atoms with van der Waals surface area (Å²) in [6.45, 7) is 0. The van der Waals surface area contributed by atoms with Gasteiger partial charge in [0.25, 0.3) is 0 Å². The van der Waals surface area contributed by atoms with E-state index in [9.17, 15) is 0 Å². The van der Waals surface area contributed by atoms with E-state index in [0.717, 1.165) is 0 Å². The molecule has 0 aromatic carbocycles. The molecule has 48 valence electrons. The van der Waals surface area contributed by atoms with E-state index in [4.69, 9.17) is 5.73 Å². The van der Waals surface area contributed by atoms with Gasteiger partial charge in [0.2, 0.25) is 0 Å². The molecule has 0 saturated heterocycles. The second-order valence-electron chi connectivity index (χ2n) is 1.36. The van der Waals surface area contributed by atoms with Gasteiger partial charge in [0.05, 0.1) is 0 Å². The summed E-state index contributed by atoms with van der Waals surface area (Å²) in [5.74, 6) is 0.706. The molecule has 3 N–H and O–H groups in total. The van der Waals surface area contributed by atoms with E-state index in [1.54, 1.807) is 7.05 Å². The number of nitrogens with two attached hydrogens (primary N) is 1. The van der Waals surface area contributed by atoms with Gasteiger partial charge >= 0.3 is 0 Å². The first-order chi connectivity index (χ1) is 4.34. The molecule has 0 aliphatic rings. The first-order valence-corrected chi connectivity index (χ1v) is 2.34. The number of anilines is 2. The fraction of sp³-hybridized carbons (Fsp3) is 0.333. The fourth-order valence-corrected chi connectivity index (χ4v) is 0.410. The zero-order valence-electron chi connectivity index (χ0n) is 4.87. The van der Waals surface area contributed by atoms with Gasteiger partial charge in [-0.1, -0.05) is 0 Å². The molecule has 0 atom stereocenters. The number of hydrogen-bond donors (Lipinski definition) is 2. The third-order valence-electron chi connectivity index (χ3n) is 0.817. The summed E-state index contributed by atoms with van der Waals surface area (Å²) in [4.78, 5) is 0. The van der Waals surface area contributed by atoms with Crippen molar-refractivity contribution in [3.8, 4) is 0 Å². The topological polar surface area (TPSA) is 89.6 Å². The molecule has 0 radical (unpaired) electrons. The quantitative estimate of drug-likeness (QED) is 0.496. The highest BCUT2D eigenvalue weighted by molar-refractivity contribution is 5.52. The Bertz CT molecular complexity index is 197. The van der Waals surface area contributed by atoms with Crippen LogP contribution in [0.15, 0.2) is 0 Å². The Kier molecular flexibility index (Phi) is 1.39. The fourth-order valence-electron chi connectivity index (χ4n) is 0.410. The third-order valence-corrected chi connectivity index (χ3v) is 0.817. The van der Waals surface area contributed by atoms with Crippen molar-refractivity contribution in [3.05, 3.63) is 0 Å². The van der Waals surface area contributed by atoms with Gasteiger partial charge in [-0.2, -0.15) is 0 Å². The third kappa shape index (κ3) is 1.01. The Balaban J connectivity index is 3.01. The summed E-state index contributed by atoms with van der Waals surface area (Å²) >= 11 is 0. The van der Waals surface area contributed by atoms with Crippen LogP contribution in [-0.4, -0.2) is 27.7 Å². The van der Waals surface area contributed by atoms with Crippen LogP contribution in [0, 0.1) is 0 Å². The highest BCUT2D eigenvalue weighted by atomic mass is 15.4. The molecule has 0 bridgehead atoms. The minimum absolute atomic E-state index is 0.257. The summed E-state index contributed by atoms with van der Waals surface area (Å²) in [7, 11) is 1.68. The van der Waals surface area contributed by atoms with Crippen LogP contribution in [0.2, 0.25) is 0 Å². The molecule has 1 rings (SSSR count). The molecule has 0 aliphatic carbocycles. The lowest BCUT2D eigenvalue weighted by atomic mass is 10.6. The van der Waals surface area contributed by atoms with Gasteiger partial charge < -0.3 is 11.1 Å². The van der Waals surface area contributed by atoms with Gasteiger partial charge in [-0.25, -0.2) is 0 Å². The average Bonchev–Trinajstić information content (AvgIpc) is 1.89. The molecule has 9 heavy (non-hydrogen) atoms. The Morgan fingerprint density at radius 1 is 1.33 bits per heavy atom. The van der Waals surface area contributed by atoms with Gasteiger partial charge in [-0.3, -0.25) is 0 Å². The van der Waals surface area contributed by atoms with Gasteiger partial charge in [0, 0.05) is 7.05 Å². The second kappa shape index (κ2) is 2.21. The van der Waals surface area contributed by atoms with Crippen LogP contribution in [-0.2, 0) is 0 Å². The largest absolute Gasteiger partial charge is 0.379 e. The first-order valence-electron chi connectivity index (χ1n) is 2.34. The van der Waals surface area contributed by atoms with Crippen LogP contribution in [0.25, 0.3) is 0 Å². The Morgan fingerprint density at radius 3 is 2.44 bits per heavy atom. The van der Waals surface area contributed by atoms with Crippen molar-refractivity contribution in [3.63, 3.8) is 0 Å². The maximum Gasteiger partial charge on any atom is 0.194 e. The zero-order chi connectivity index (χ0) is 6.69. The van der Waals surface area contributed by atoms with Crippen LogP contribution in [0.1, 0.15) is 0 Å². The molecule has 1 aromatic heterocycles. The van der Waals surface area contributed by atoms with Crippen LogP contribution >= 0.6 is 0 Å². The first kappa shape index (κ1) is 5.67. The minimum Gasteiger partial charge on any atom is -0.379 e. The maximum absolute atomic E-state index is 5.29. The number of hydrogen-bond acceptors (Lipinski definition) is 6. The number of nitrogens with zero attached hydrogens (tertiary/aromatic N) is 4. The van der Waals surface area contributed by atoms with Crippen molar-refractivity contribution in [1.29, 1.82) is 0 Å².